The molecule has 0 aliphatic carbocycles. The van der Waals surface area contributed by atoms with Crippen molar-refractivity contribution in [3.05, 3.63) is 40.1 Å². The number of benzene rings is 1. The first kappa shape index (κ1) is 16.8. The van der Waals surface area contributed by atoms with Gasteiger partial charge >= 0.3 is 5.97 Å². The zero-order valence-electron chi connectivity index (χ0n) is 13.3. The Morgan fingerprint density at radius 3 is 2.22 bits per heavy atom. The van der Waals surface area contributed by atoms with Crippen LogP contribution >= 0.6 is 11.3 Å². The second-order valence-electron chi connectivity index (χ2n) is 4.45. The first-order valence-corrected chi connectivity index (χ1v) is 7.58. The summed E-state index contributed by atoms with van der Waals surface area (Å²) in [5.41, 5.74) is 1.20. The van der Waals surface area contributed by atoms with Crippen LogP contribution < -0.4 is 14.2 Å². The number of oxime groups is 1. The van der Waals surface area contributed by atoms with Gasteiger partial charge in [0, 0.05) is 5.56 Å². The third-order valence-corrected chi connectivity index (χ3v) is 3.92. The van der Waals surface area contributed by atoms with Gasteiger partial charge in [-0.15, -0.1) is 11.3 Å². The fourth-order valence-electron chi connectivity index (χ4n) is 1.89. The quantitative estimate of drug-likeness (QED) is 0.460. The van der Waals surface area contributed by atoms with Crippen molar-refractivity contribution in [2.75, 3.05) is 21.3 Å². The van der Waals surface area contributed by atoms with E-state index in [1.54, 1.807) is 36.6 Å². The predicted octanol–water partition coefficient (Wildman–Crippen LogP) is 3.35. The Bertz CT molecular complexity index is 684. The van der Waals surface area contributed by atoms with E-state index in [0.717, 1.165) is 0 Å². The van der Waals surface area contributed by atoms with E-state index >= 15 is 0 Å². The molecule has 0 fully saturated rings. The molecule has 0 atom stereocenters. The molecule has 0 saturated carbocycles. The second-order valence-corrected chi connectivity index (χ2v) is 5.39. The van der Waals surface area contributed by atoms with Crippen LogP contribution in [0.3, 0.4) is 0 Å². The van der Waals surface area contributed by atoms with Crippen LogP contribution in [0.5, 0.6) is 17.2 Å². The summed E-state index contributed by atoms with van der Waals surface area (Å²) in [7, 11) is 4.60. The van der Waals surface area contributed by atoms with Gasteiger partial charge in [0.05, 0.1) is 27.0 Å². The monoisotopic (exact) mass is 335 g/mol. The van der Waals surface area contributed by atoms with Gasteiger partial charge in [0.2, 0.25) is 5.75 Å². The zero-order chi connectivity index (χ0) is 16.8. The van der Waals surface area contributed by atoms with Crippen LogP contribution in [0.25, 0.3) is 0 Å². The van der Waals surface area contributed by atoms with E-state index in [1.807, 2.05) is 0 Å². The highest BCUT2D eigenvalue weighted by atomic mass is 32.1. The molecule has 0 aliphatic rings. The van der Waals surface area contributed by atoms with Crippen LogP contribution in [0, 0.1) is 0 Å². The van der Waals surface area contributed by atoms with E-state index in [-0.39, 0.29) is 0 Å². The lowest BCUT2D eigenvalue weighted by molar-refractivity contribution is 0.0522. The molecule has 0 radical (unpaired) electrons. The van der Waals surface area contributed by atoms with E-state index in [9.17, 15) is 4.79 Å². The number of carbonyl (C=O) groups excluding carboxylic acids is 1. The molecule has 1 aromatic heterocycles. The lowest BCUT2D eigenvalue weighted by Crippen LogP contribution is -2.04. The Balaban J connectivity index is 2.26. The molecule has 0 bridgehead atoms. The van der Waals surface area contributed by atoms with Crippen LogP contribution in [-0.2, 0) is 4.84 Å². The smallest absolute Gasteiger partial charge is 0.375 e. The highest BCUT2D eigenvalue weighted by molar-refractivity contribution is 7.11. The van der Waals surface area contributed by atoms with Crippen LogP contribution in [0.2, 0.25) is 0 Å². The molecule has 23 heavy (non-hydrogen) atoms. The first-order valence-electron chi connectivity index (χ1n) is 6.70. The van der Waals surface area contributed by atoms with Gasteiger partial charge in [0.25, 0.3) is 0 Å². The molecular weight excluding hydrogens is 318 g/mol. The number of nitrogens with zero attached hydrogens (tertiary/aromatic N) is 1. The van der Waals surface area contributed by atoms with Gasteiger partial charge < -0.3 is 19.0 Å². The molecule has 7 heteroatoms. The topological polar surface area (TPSA) is 66.4 Å². The molecule has 0 aliphatic heterocycles. The second kappa shape index (κ2) is 7.64. The van der Waals surface area contributed by atoms with E-state index in [2.05, 4.69) is 5.16 Å². The first-order chi connectivity index (χ1) is 11.1. The Labute approximate surface area is 138 Å². The van der Waals surface area contributed by atoms with Crippen molar-refractivity contribution in [1.29, 1.82) is 0 Å². The maximum Gasteiger partial charge on any atom is 0.375 e. The van der Waals surface area contributed by atoms with E-state index in [4.69, 9.17) is 19.0 Å². The van der Waals surface area contributed by atoms with E-state index in [1.165, 1.54) is 32.7 Å². The van der Waals surface area contributed by atoms with Gasteiger partial charge in [-0.1, -0.05) is 11.2 Å². The molecule has 1 aromatic carbocycles. The van der Waals surface area contributed by atoms with Crippen molar-refractivity contribution in [3.63, 3.8) is 0 Å². The van der Waals surface area contributed by atoms with Gasteiger partial charge in [-0.2, -0.15) is 0 Å². The summed E-state index contributed by atoms with van der Waals surface area (Å²) in [6, 6.07) is 6.92. The number of rotatable bonds is 6. The molecule has 1 heterocycles. The maximum absolute atomic E-state index is 11.8. The molecule has 2 aromatic rings. The Morgan fingerprint density at radius 1 is 1.09 bits per heavy atom. The average molecular weight is 335 g/mol. The molecule has 0 saturated heterocycles. The summed E-state index contributed by atoms with van der Waals surface area (Å²) >= 11 is 1.30. The van der Waals surface area contributed by atoms with Crippen LogP contribution in [0.1, 0.15) is 22.2 Å². The molecule has 122 valence electrons. The lowest BCUT2D eigenvalue weighted by Gasteiger charge is -2.13. The van der Waals surface area contributed by atoms with E-state index < -0.39 is 5.97 Å². The third-order valence-electron chi connectivity index (χ3n) is 3.07. The van der Waals surface area contributed by atoms with Gasteiger partial charge in [-0.05, 0) is 30.5 Å². The van der Waals surface area contributed by atoms with Crippen molar-refractivity contribution >= 4 is 23.0 Å². The summed E-state index contributed by atoms with van der Waals surface area (Å²) in [6.45, 7) is 1.72. The fraction of sp³-hybridized carbons (Fsp3) is 0.250. The summed E-state index contributed by atoms with van der Waals surface area (Å²) in [5.74, 6) is 0.996. The standard InChI is InChI=1S/C16H17NO5S/c1-10(17-22-16(18)14-6-5-7-23-14)11-8-12(19-2)15(21-4)13(9-11)20-3/h5-9H,1-4H3/b17-10-. The minimum Gasteiger partial charge on any atom is -0.493 e. The molecule has 0 amide bonds. The number of hydrogen-bond acceptors (Lipinski definition) is 7. The maximum atomic E-state index is 11.8. The third kappa shape index (κ3) is 3.81. The van der Waals surface area contributed by atoms with Crippen molar-refractivity contribution in [2.45, 2.75) is 6.92 Å². The largest absolute Gasteiger partial charge is 0.493 e. The number of carbonyl (C=O) groups is 1. The predicted molar refractivity (Wildman–Crippen MR) is 88.0 cm³/mol. The summed E-state index contributed by atoms with van der Waals surface area (Å²) < 4.78 is 15.8. The fourth-order valence-corrected chi connectivity index (χ4v) is 2.49. The highest BCUT2D eigenvalue weighted by Crippen LogP contribution is 2.38. The summed E-state index contributed by atoms with van der Waals surface area (Å²) in [4.78, 5) is 17.2. The van der Waals surface area contributed by atoms with Gasteiger partial charge in [0.1, 0.15) is 4.88 Å². The van der Waals surface area contributed by atoms with Gasteiger partial charge in [0.15, 0.2) is 11.5 Å². The number of methoxy groups -OCH3 is 3. The van der Waals surface area contributed by atoms with Crippen LogP contribution in [0.4, 0.5) is 0 Å². The van der Waals surface area contributed by atoms with Gasteiger partial charge in [-0.3, -0.25) is 0 Å². The van der Waals surface area contributed by atoms with Gasteiger partial charge in [-0.25, -0.2) is 4.79 Å². The van der Waals surface area contributed by atoms with E-state index in [0.29, 0.717) is 33.4 Å². The molecule has 0 spiro atoms. The molecule has 0 unspecified atom stereocenters. The Kier molecular flexibility index (Phi) is 5.59. The molecular formula is C16H17NO5S. The number of ether oxygens (including phenoxy) is 3. The minimum absolute atomic E-state index is 0.488. The number of hydrogen-bond donors (Lipinski definition) is 0. The Hall–Kier alpha value is -2.54. The van der Waals surface area contributed by atoms with Crippen molar-refractivity contribution in [2.24, 2.45) is 5.16 Å². The minimum atomic E-state index is -0.494. The van der Waals surface area contributed by atoms with Crippen molar-refractivity contribution < 1.29 is 23.8 Å². The average Bonchev–Trinajstić information content (AvgIpc) is 3.12. The lowest BCUT2D eigenvalue weighted by atomic mass is 10.1. The van der Waals surface area contributed by atoms with Crippen molar-refractivity contribution in [1.82, 2.24) is 0 Å². The SMILES string of the molecule is COc1cc(/C(C)=N\OC(=O)c2cccs2)cc(OC)c1OC. The van der Waals surface area contributed by atoms with Crippen molar-refractivity contribution in [3.8, 4) is 17.2 Å². The van der Waals surface area contributed by atoms with Crippen LogP contribution in [0.15, 0.2) is 34.8 Å². The molecule has 6 nitrogen and oxygen atoms in total. The summed E-state index contributed by atoms with van der Waals surface area (Å²) in [6.07, 6.45) is 0. The zero-order valence-corrected chi connectivity index (χ0v) is 14.1. The molecule has 2 rings (SSSR count). The number of thiophene rings is 1. The van der Waals surface area contributed by atoms with Crippen LogP contribution in [-0.4, -0.2) is 33.0 Å². The highest BCUT2D eigenvalue weighted by Gasteiger charge is 2.15. The normalized spacial score (nSPS) is 11.0. The summed E-state index contributed by atoms with van der Waals surface area (Å²) in [5, 5.41) is 5.68. The Morgan fingerprint density at radius 2 is 1.74 bits per heavy atom. The molecule has 0 N–H and O–H groups in total.